The lowest BCUT2D eigenvalue weighted by Crippen LogP contribution is -2.30. The summed E-state index contributed by atoms with van der Waals surface area (Å²) in [6.07, 6.45) is 82.7. The van der Waals surface area contributed by atoms with Gasteiger partial charge in [0.25, 0.3) is 0 Å². The summed E-state index contributed by atoms with van der Waals surface area (Å²) < 4.78 is 17.0. The van der Waals surface area contributed by atoms with Gasteiger partial charge in [0.1, 0.15) is 13.2 Å². The van der Waals surface area contributed by atoms with Gasteiger partial charge in [-0.15, -0.1) is 0 Å². The molecule has 0 aromatic rings. The second kappa shape index (κ2) is 65.9. The molecule has 0 aliphatic carbocycles. The van der Waals surface area contributed by atoms with Gasteiger partial charge < -0.3 is 14.2 Å². The smallest absolute Gasteiger partial charge is 0.306 e. The zero-order chi connectivity index (χ0) is 55.7. The zero-order valence-corrected chi connectivity index (χ0v) is 51.7. The predicted molar refractivity (Wildman–Crippen MR) is 335 cm³/mol. The van der Waals surface area contributed by atoms with Crippen molar-refractivity contribution in [3.05, 3.63) is 48.6 Å². The van der Waals surface area contributed by atoms with E-state index in [4.69, 9.17) is 14.2 Å². The molecule has 0 aromatic carbocycles. The van der Waals surface area contributed by atoms with Crippen LogP contribution in [-0.2, 0) is 28.6 Å². The first-order chi connectivity index (χ1) is 38.0. The molecule has 6 nitrogen and oxygen atoms in total. The van der Waals surface area contributed by atoms with Crippen molar-refractivity contribution in [3.8, 4) is 0 Å². The standard InChI is InChI=1S/C71H130O6/c1-4-7-10-13-16-19-22-25-28-31-32-33-34-35-36-37-38-39-40-41-44-46-49-52-55-58-61-64-70(73)76-67-68(77-71(74)65-62-59-56-53-50-47-43-30-27-24-21-18-15-12-9-6-3)66-75-69(72)63-60-57-54-51-48-45-42-29-26-23-20-17-14-11-8-5-2/h22,25,30-32,34-35,43,68H,4-21,23-24,26-29,33,36-42,44-67H2,1-3H3/b25-22-,32-31-,35-34-,43-30-. The van der Waals surface area contributed by atoms with E-state index in [0.717, 1.165) is 77.0 Å². The van der Waals surface area contributed by atoms with Gasteiger partial charge in [-0.3, -0.25) is 14.4 Å². The summed E-state index contributed by atoms with van der Waals surface area (Å²) in [7, 11) is 0. The van der Waals surface area contributed by atoms with E-state index in [9.17, 15) is 14.4 Å². The molecule has 450 valence electrons. The van der Waals surface area contributed by atoms with E-state index in [0.29, 0.717) is 19.3 Å². The number of ether oxygens (including phenoxy) is 3. The first-order valence-corrected chi connectivity index (χ1v) is 34.1. The summed E-state index contributed by atoms with van der Waals surface area (Å²) in [6, 6.07) is 0. The number of rotatable bonds is 63. The highest BCUT2D eigenvalue weighted by Crippen LogP contribution is 2.17. The Balaban J connectivity index is 4.27. The Morgan fingerprint density at radius 3 is 0.740 bits per heavy atom. The monoisotopic (exact) mass is 1080 g/mol. The van der Waals surface area contributed by atoms with Crippen molar-refractivity contribution in [2.24, 2.45) is 0 Å². The Labute approximate surface area is 479 Å². The minimum Gasteiger partial charge on any atom is -0.462 e. The SMILES string of the molecule is CCCCCCC/C=C\C/C=C\C/C=C\CCCCCCCCCCCCCCC(=O)OCC(COC(=O)CCCCCCCCCCCCCCCCCC)OC(=O)CCCCCCC/C=C\CCCCCCCCC. The minimum atomic E-state index is -0.777. The molecule has 0 aliphatic heterocycles. The van der Waals surface area contributed by atoms with Crippen LogP contribution in [0.3, 0.4) is 0 Å². The molecule has 0 spiro atoms. The van der Waals surface area contributed by atoms with Crippen LogP contribution in [0, 0.1) is 0 Å². The third-order valence-corrected chi connectivity index (χ3v) is 15.3. The van der Waals surface area contributed by atoms with Crippen LogP contribution in [0.15, 0.2) is 48.6 Å². The lowest BCUT2D eigenvalue weighted by Gasteiger charge is -2.18. The minimum absolute atomic E-state index is 0.0723. The third kappa shape index (κ3) is 64.1. The molecule has 0 aliphatic rings. The molecule has 0 radical (unpaired) electrons. The lowest BCUT2D eigenvalue weighted by atomic mass is 10.0. The van der Waals surface area contributed by atoms with Crippen molar-refractivity contribution in [1.82, 2.24) is 0 Å². The maximum absolute atomic E-state index is 12.9. The fraction of sp³-hybridized carbons (Fsp3) is 0.845. The molecule has 6 heteroatoms. The number of esters is 3. The molecule has 0 bridgehead atoms. The van der Waals surface area contributed by atoms with Crippen molar-refractivity contribution in [2.75, 3.05) is 13.2 Å². The molecule has 0 fully saturated rings. The molecular weight excluding hydrogens is 949 g/mol. The van der Waals surface area contributed by atoms with E-state index in [-0.39, 0.29) is 31.1 Å². The van der Waals surface area contributed by atoms with Crippen molar-refractivity contribution in [3.63, 3.8) is 0 Å². The number of hydrogen-bond donors (Lipinski definition) is 0. The molecular formula is C71H130O6. The second-order valence-corrected chi connectivity index (χ2v) is 23.1. The average Bonchev–Trinajstić information content (AvgIpc) is 3.43. The fourth-order valence-corrected chi connectivity index (χ4v) is 10.2. The second-order valence-electron chi connectivity index (χ2n) is 23.1. The Morgan fingerprint density at radius 2 is 0.468 bits per heavy atom. The van der Waals surface area contributed by atoms with E-state index >= 15 is 0 Å². The van der Waals surface area contributed by atoms with Gasteiger partial charge in [-0.05, 0) is 83.5 Å². The molecule has 0 rings (SSSR count). The van der Waals surface area contributed by atoms with Gasteiger partial charge in [0.2, 0.25) is 0 Å². The van der Waals surface area contributed by atoms with E-state index in [1.807, 2.05) is 0 Å². The largest absolute Gasteiger partial charge is 0.462 e. The van der Waals surface area contributed by atoms with Gasteiger partial charge in [0.05, 0.1) is 0 Å². The Morgan fingerprint density at radius 1 is 0.260 bits per heavy atom. The van der Waals surface area contributed by atoms with E-state index < -0.39 is 6.10 Å². The highest BCUT2D eigenvalue weighted by molar-refractivity contribution is 5.71. The highest BCUT2D eigenvalue weighted by Gasteiger charge is 2.19. The number of carbonyl (C=O) groups is 3. The molecule has 0 heterocycles. The predicted octanol–water partition coefficient (Wildman–Crippen LogP) is 23.3. The van der Waals surface area contributed by atoms with Gasteiger partial charge in [-0.25, -0.2) is 0 Å². The maximum atomic E-state index is 12.9. The summed E-state index contributed by atoms with van der Waals surface area (Å²) in [4.78, 5) is 38.4. The van der Waals surface area contributed by atoms with Crippen LogP contribution < -0.4 is 0 Å². The molecule has 0 aromatic heterocycles. The molecule has 0 amide bonds. The van der Waals surface area contributed by atoms with Crippen LogP contribution >= 0.6 is 0 Å². The number of unbranched alkanes of at least 4 members (excludes halogenated alkanes) is 44. The van der Waals surface area contributed by atoms with Crippen LogP contribution in [0.1, 0.15) is 367 Å². The Hall–Kier alpha value is -2.63. The van der Waals surface area contributed by atoms with E-state index in [1.54, 1.807) is 0 Å². The van der Waals surface area contributed by atoms with Crippen molar-refractivity contribution < 1.29 is 28.6 Å². The Kier molecular flexibility index (Phi) is 63.6. The van der Waals surface area contributed by atoms with Gasteiger partial charge >= 0.3 is 17.9 Å². The van der Waals surface area contributed by atoms with Gasteiger partial charge in [-0.2, -0.15) is 0 Å². The number of allylic oxidation sites excluding steroid dienone is 8. The van der Waals surface area contributed by atoms with Crippen molar-refractivity contribution in [2.45, 2.75) is 374 Å². The summed E-state index contributed by atoms with van der Waals surface area (Å²) in [5, 5.41) is 0. The highest BCUT2D eigenvalue weighted by atomic mass is 16.6. The van der Waals surface area contributed by atoms with E-state index in [1.165, 1.54) is 250 Å². The van der Waals surface area contributed by atoms with Crippen molar-refractivity contribution >= 4 is 17.9 Å². The van der Waals surface area contributed by atoms with Crippen LogP contribution in [0.2, 0.25) is 0 Å². The molecule has 1 unspecified atom stereocenters. The molecule has 0 saturated heterocycles. The number of carbonyl (C=O) groups excluding carboxylic acids is 3. The zero-order valence-electron chi connectivity index (χ0n) is 51.7. The summed E-state index contributed by atoms with van der Waals surface area (Å²) in [5.74, 6) is -0.858. The molecule has 0 saturated carbocycles. The third-order valence-electron chi connectivity index (χ3n) is 15.3. The average molecular weight is 1080 g/mol. The van der Waals surface area contributed by atoms with Gasteiger partial charge in [0, 0.05) is 19.3 Å². The summed E-state index contributed by atoms with van der Waals surface area (Å²) in [6.45, 7) is 6.68. The lowest BCUT2D eigenvalue weighted by molar-refractivity contribution is -0.167. The quantitative estimate of drug-likeness (QED) is 0.0261. The first kappa shape index (κ1) is 74.4. The molecule has 0 N–H and O–H groups in total. The van der Waals surface area contributed by atoms with Crippen LogP contribution in [0.25, 0.3) is 0 Å². The van der Waals surface area contributed by atoms with Crippen molar-refractivity contribution in [1.29, 1.82) is 0 Å². The number of hydrogen-bond acceptors (Lipinski definition) is 6. The van der Waals surface area contributed by atoms with E-state index in [2.05, 4.69) is 69.4 Å². The topological polar surface area (TPSA) is 78.9 Å². The van der Waals surface area contributed by atoms with Gasteiger partial charge in [0.15, 0.2) is 6.10 Å². The normalized spacial score (nSPS) is 12.3. The first-order valence-electron chi connectivity index (χ1n) is 34.1. The van der Waals surface area contributed by atoms with Crippen LogP contribution in [0.5, 0.6) is 0 Å². The fourth-order valence-electron chi connectivity index (χ4n) is 10.2. The summed E-state index contributed by atoms with van der Waals surface area (Å²) in [5.41, 5.74) is 0. The summed E-state index contributed by atoms with van der Waals surface area (Å²) >= 11 is 0. The maximum Gasteiger partial charge on any atom is 0.306 e. The van der Waals surface area contributed by atoms with Crippen LogP contribution in [0.4, 0.5) is 0 Å². The van der Waals surface area contributed by atoms with Gasteiger partial charge in [-0.1, -0.05) is 313 Å². The molecule has 1 atom stereocenters. The van der Waals surface area contributed by atoms with Crippen LogP contribution in [-0.4, -0.2) is 37.2 Å². The Bertz CT molecular complexity index is 1330. The molecule has 77 heavy (non-hydrogen) atoms.